The molecule has 6 nitrogen and oxygen atoms in total. The topological polar surface area (TPSA) is 79.4 Å². The molecule has 1 N–H and O–H groups in total. The number of aromatic nitrogens is 1. The number of amides is 1. The van der Waals surface area contributed by atoms with Crippen molar-refractivity contribution in [3.63, 3.8) is 0 Å². The smallest absolute Gasteiger partial charge is 0.274 e. The van der Waals surface area contributed by atoms with Crippen LogP contribution < -0.4 is 10.2 Å². The molecule has 180 valence electrons. The fraction of sp³-hybridized carbons (Fsp3) is 0.107. The van der Waals surface area contributed by atoms with Crippen molar-refractivity contribution in [1.82, 2.24) is 9.99 Å². The largest absolute Gasteiger partial charge is 0.489 e. The van der Waals surface area contributed by atoms with Crippen LogP contribution >= 0.6 is 15.9 Å². The molecule has 4 rings (SSSR count). The molecule has 0 unspecified atom stereocenters. The summed E-state index contributed by atoms with van der Waals surface area (Å²) < 4.78 is 23.0. The van der Waals surface area contributed by atoms with Crippen molar-refractivity contribution >= 4 is 28.1 Å². The first-order valence-electron chi connectivity index (χ1n) is 11.1. The highest BCUT2D eigenvalue weighted by Crippen LogP contribution is 2.23. The minimum absolute atomic E-state index is 0.143. The second kappa shape index (κ2) is 11.0. The van der Waals surface area contributed by atoms with Crippen molar-refractivity contribution in [1.29, 1.82) is 5.26 Å². The molecule has 1 heterocycles. The van der Waals surface area contributed by atoms with Crippen molar-refractivity contribution in [2.24, 2.45) is 5.10 Å². The molecule has 0 saturated carbocycles. The first-order chi connectivity index (χ1) is 17.4. The van der Waals surface area contributed by atoms with Gasteiger partial charge in [0.1, 0.15) is 18.2 Å². The highest BCUT2D eigenvalue weighted by molar-refractivity contribution is 9.10. The molecule has 3 aromatic carbocycles. The Bertz CT molecular complexity index is 1470. The van der Waals surface area contributed by atoms with E-state index < -0.39 is 11.7 Å². The fourth-order valence-electron chi connectivity index (χ4n) is 3.74. The predicted octanol–water partition coefficient (Wildman–Crippen LogP) is 6.21. The van der Waals surface area contributed by atoms with Gasteiger partial charge in [-0.2, -0.15) is 10.4 Å². The van der Waals surface area contributed by atoms with Crippen molar-refractivity contribution in [3.8, 4) is 17.5 Å². The molecule has 1 aromatic heterocycles. The van der Waals surface area contributed by atoms with Crippen LogP contribution in [-0.4, -0.2) is 16.7 Å². The van der Waals surface area contributed by atoms with Gasteiger partial charge in [0.05, 0.1) is 23.4 Å². The highest BCUT2D eigenvalue weighted by atomic mass is 79.9. The summed E-state index contributed by atoms with van der Waals surface area (Å²) in [6.07, 6.45) is 1.52. The number of rotatable bonds is 7. The SMILES string of the molecule is Cc1cc(/C=N\NC(=O)c2ccc(C#N)cc2F)c(C)n1-c1ccc(OCc2ccc(Br)cc2)cc1. The van der Waals surface area contributed by atoms with Crippen molar-refractivity contribution in [3.05, 3.63) is 117 Å². The molecule has 0 radical (unpaired) electrons. The molecule has 4 aromatic rings. The molecular weight excluding hydrogens is 523 g/mol. The van der Waals surface area contributed by atoms with Gasteiger partial charge in [0.25, 0.3) is 5.91 Å². The summed E-state index contributed by atoms with van der Waals surface area (Å²) in [5.41, 5.74) is 7.07. The third-order valence-corrected chi connectivity index (χ3v) is 6.13. The average molecular weight is 545 g/mol. The van der Waals surface area contributed by atoms with Gasteiger partial charge >= 0.3 is 0 Å². The lowest BCUT2D eigenvalue weighted by Crippen LogP contribution is -2.19. The number of aryl methyl sites for hydroxylation is 1. The van der Waals surface area contributed by atoms with Crippen LogP contribution in [0, 0.1) is 31.0 Å². The molecule has 0 aliphatic rings. The predicted molar refractivity (Wildman–Crippen MR) is 140 cm³/mol. The first-order valence-corrected chi connectivity index (χ1v) is 11.8. The van der Waals surface area contributed by atoms with Crippen molar-refractivity contribution in [2.45, 2.75) is 20.5 Å². The van der Waals surface area contributed by atoms with Crippen LogP contribution in [0.1, 0.15) is 38.4 Å². The highest BCUT2D eigenvalue weighted by Gasteiger charge is 2.13. The maximum atomic E-state index is 14.0. The normalized spacial score (nSPS) is 10.9. The lowest BCUT2D eigenvalue weighted by atomic mass is 10.1. The summed E-state index contributed by atoms with van der Waals surface area (Å²) in [5.74, 6) is -0.700. The molecule has 0 aliphatic carbocycles. The van der Waals surface area contributed by atoms with Gasteiger partial charge in [0.15, 0.2) is 0 Å². The fourth-order valence-corrected chi connectivity index (χ4v) is 4.01. The number of hydrazone groups is 1. The van der Waals surface area contributed by atoms with E-state index in [-0.39, 0.29) is 11.1 Å². The van der Waals surface area contributed by atoms with E-state index in [2.05, 4.69) is 31.0 Å². The van der Waals surface area contributed by atoms with Gasteiger partial charge in [-0.25, -0.2) is 9.82 Å². The second-order valence-electron chi connectivity index (χ2n) is 8.08. The molecule has 0 bridgehead atoms. The number of nitrogens with one attached hydrogen (secondary N) is 1. The zero-order chi connectivity index (χ0) is 25.7. The first kappa shape index (κ1) is 24.9. The van der Waals surface area contributed by atoms with Gasteiger partial charge < -0.3 is 9.30 Å². The Balaban J connectivity index is 1.43. The van der Waals surface area contributed by atoms with Gasteiger partial charge in [-0.3, -0.25) is 4.79 Å². The van der Waals surface area contributed by atoms with Crippen LogP contribution in [0.2, 0.25) is 0 Å². The molecule has 0 fully saturated rings. The maximum Gasteiger partial charge on any atom is 0.274 e. The Kier molecular flexibility index (Phi) is 7.62. The summed E-state index contributed by atoms with van der Waals surface area (Å²) in [5, 5.41) is 12.8. The van der Waals surface area contributed by atoms with Crippen LogP contribution in [0.3, 0.4) is 0 Å². The van der Waals surface area contributed by atoms with Gasteiger partial charge in [-0.1, -0.05) is 28.1 Å². The summed E-state index contributed by atoms with van der Waals surface area (Å²) in [4.78, 5) is 12.3. The minimum atomic E-state index is -0.774. The number of halogens is 2. The summed E-state index contributed by atoms with van der Waals surface area (Å²) in [7, 11) is 0. The third kappa shape index (κ3) is 5.70. The van der Waals surface area contributed by atoms with E-state index in [0.717, 1.165) is 44.5 Å². The molecule has 1 amide bonds. The Labute approximate surface area is 216 Å². The maximum absolute atomic E-state index is 14.0. The Morgan fingerprint density at radius 3 is 2.50 bits per heavy atom. The van der Waals surface area contributed by atoms with Gasteiger partial charge in [-0.05, 0) is 80.1 Å². The van der Waals surface area contributed by atoms with Crippen molar-refractivity contribution < 1.29 is 13.9 Å². The summed E-state index contributed by atoms with van der Waals surface area (Å²) in [6, 6.07) is 23.2. The van der Waals surface area contributed by atoms with E-state index in [1.54, 1.807) is 0 Å². The lowest BCUT2D eigenvalue weighted by Gasteiger charge is -2.11. The number of carbonyl (C=O) groups is 1. The van der Waals surface area contributed by atoms with Crippen LogP contribution in [0.4, 0.5) is 4.39 Å². The van der Waals surface area contributed by atoms with Gasteiger partial charge in [0.2, 0.25) is 0 Å². The second-order valence-corrected chi connectivity index (χ2v) is 8.99. The Morgan fingerprint density at radius 2 is 1.83 bits per heavy atom. The van der Waals surface area contributed by atoms with Crippen molar-refractivity contribution in [2.75, 3.05) is 0 Å². The number of hydrogen-bond acceptors (Lipinski definition) is 4. The quantitative estimate of drug-likeness (QED) is 0.222. The van der Waals surface area contributed by atoms with E-state index >= 15 is 0 Å². The van der Waals surface area contributed by atoms with E-state index in [4.69, 9.17) is 10.00 Å². The number of ether oxygens (including phenoxy) is 1. The molecule has 0 aliphatic heterocycles. The van der Waals surface area contributed by atoms with E-state index in [0.29, 0.717) is 6.61 Å². The summed E-state index contributed by atoms with van der Waals surface area (Å²) in [6.45, 7) is 4.41. The number of nitriles is 1. The van der Waals surface area contributed by atoms with Crippen LogP contribution in [-0.2, 0) is 6.61 Å². The molecule has 0 spiro atoms. The Morgan fingerprint density at radius 1 is 1.11 bits per heavy atom. The third-order valence-electron chi connectivity index (χ3n) is 5.60. The molecule has 0 saturated heterocycles. The van der Waals surface area contributed by atoms with E-state index in [9.17, 15) is 9.18 Å². The summed E-state index contributed by atoms with van der Waals surface area (Å²) >= 11 is 3.43. The molecule has 8 heteroatoms. The zero-order valence-corrected chi connectivity index (χ0v) is 21.2. The van der Waals surface area contributed by atoms with Crippen LogP contribution in [0.25, 0.3) is 5.69 Å². The van der Waals surface area contributed by atoms with Crippen LogP contribution in [0.5, 0.6) is 5.75 Å². The zero-order valence-electron chi connectivity index (χ0n) is 19.6. The molecule has 0 atom stereocenters. The van der Waals surface area contributed by atoms with Crippen LogP contribution in [0.15, 0.2) is 82.4 Å². The minimum Gasteiger partial charge on any atom is -0.489 e. The number of benzene rings is 3. The molecule has 36 heavy (non-hydrogen) atoms. The average Bonchev–Trinajstić information content (AvgIpc) is 3.16. The lowest BCUT2D eigenvalue weighted by molar-refractivity contribution is 0.0951. The monoisotopic (exact) mass is 544 g/mol. The molecular formula is C28H22BrFN4O2. The Hall–Kier alpha value is -4.22. The number of hydrogen-bond donors (Lipinski definition) is 1. The standard InChI is InChI=1S/C28H22BrFN4O2/c1-18-13-22(16-32-33-28(35)26-12-5-21(15-31)14-27(26)30)19(2)34(18)24-8-10-25(11-9-24)36-17-20-3-6-23(29)7-4-20/h3-14,16H,17H2,1-2H3,(H,33,35)/b32-16-. The number of nitrogens with zero attached hydrogens (tertiary/aromatic N) is 3. The van der Waals surface area contributed by atoms with E-state index in [1.807, 2.05) is 74.5 Å². The van der Waals surface area contributed by atoms with E-state index in [1.165, 1.54) is 18.3 Å². The van der Waals surface area contributed by atoms with Gasteiger partial charge in [0, 0.05) is 27.1 Å². The van der Waals surface area contributed by atoms with Gasteiger partial charge in [-0.15, -0.1) is 0 Å². The number of carbonyl (C=O) groups excluding carboxylic acids is 1.